The van der Waals surface area contributed by atoms with Crippen LogP contribution in [-0.4, -0.2) is 53.4 Å². The fourth-order valence-electron chi connectivity index (χ4n) is 3.63. The van der Waals surface area contributed by atoms with Crippen molar-refractivity contribution in [2.24, 2.45) is 4.99 Å². The van der Waals surface area contributed by atoms with Gasteiger partial charge in [0, 0.05) is 44.7 Å². The lowest BCUT2D eigenvalue weighted by Crippen LogP contribution is -2.46. The zero-order valence-electron chi connectivity index (χ0n) is 17.4. The van der Waals surface area contributed by atoms with E-state index in [1.54, 1.807) is 19.2 Å². The summed E-state index contributed by atoms with van der Waals surface area (Å²) >= 11 is 0. The topological polar surface area (TPSA) is 73.8 Å². The van der Waals surface area contributed by atoms with Gasteiger partial charge in [0.15, 0.2) is 15.8 Å². The molecule has 0 saturated carbocycles. The summed E-state index contributed by atoms with van der Waals surface area (Å²) in [6.45, 7) is 4.80. The van der Waals surface area contributed by atoms with Crippen molar-refractivity contribution < 1.29 is 8.42 Å². The summed E-state index contributed by atoms with van der Waals surface area (Å²) in [5.41, 5.74) is 3.84. The Kier molecular flexibility index (Phi) is 6.79. The SMILES string of the molecule is CN=C(NCCc1ccc(S(C)(=O)=O)cc1)NCC(C)N1CCc2ccccc21. The summed E-state index contributed by atoms with van der Waals surface area (Å²) in [5.74, 6) is 0.775. The first-order valence-electron chi connectivity index (χ1n) is 9.96. The van der Waals surface area contributed by atoms with Crippen molar-refractivity contribution in [1.82, 2.24) is 10.6 Å². The summed E-state index contributed by atoms with van der Waals surface area (Å²) < 4.78 is 23.1. The van der Waals surface area contributed by atoms with Crippen LogP contribution in [0.25, 0.3) is 0 Å². The zero-order chi connectivity index (χ0) is 20.9. The molecule has 6 nitrogen and oxygen atoms in total. The second-order valence-electron chi connectivity index (χ2n) is 7.47. The van der Waals surface area contributed by atoms with Crippen molar-refractivity contribution in [2.75, 3.05) is 37.8 Å². The minimum Gasteiger partial charge on any atom is -0.366 e. The van der Waals surface area contributed by atoms with Crippen LogP contribution in [0, 0.1) is 0 Å². The molecule has 0 aliphatic carbocycles. The van der Waals surface area contributed by atoms with Crippen molar-refractivity contribution in [1.29, 1.82) is 0 Å². The Bertz CT molecular complexity index is 955. The number of para-hydroxylation sites is 1. The van der Waals surface area contributed by atoms with Gasteiger partial charge < -0.3 is 15.5 Å². The molecule has 1 aliphatic heterocycles. The molecule has 156 valence electrons. The molecule has 1 heterocycles. The molecule has 0 bridgehead atoms. The Morgan fingerprint density at radius 3 is 2.55 bits per heavy atom. The van der Waals surface area contributed by atoms with Gasteiger partial charge in [-0.25, -0.2) is 8.42 Å². The molecule has 0 spiro atoms. The molecule has 2 aromatic carbocycles. The number of anilines is 1. The summed E-state index contributed by atoms with van der Waals surface area (Å²) in [5, 5.41) is 6.74. The monoisotopic (exact) mass is 414 g/mol. The van der Waals surface area contributed by atoms with Crippen molar-refractivity contribution in [3.8, 4) is 0 Å². The molecule has 0 aromatic heterocycles. The Morgan fingerprint density at radius 1 is 1.14 bits per heavy atom. The molecule has 1 atom stereocenters. The third kappa shape index (κ3) is 5.50. The molecular formula is C22H30N4O2S. The molecule has 29 heavy (non-hydrogen) atoms. The molecule has 7 heteroatoms. The Morgan fingerprint density at radius 2 is 1.86 bits per heavy atom. The van der Waals surface area contributed by atoms with E-state index in [9.17, 15) is 8.42 Å². The number of rotatable bonds is 7. The van der Waals surface area contributed by atoms with E-state index in [0.29, 0.717) is 10.9 Å². The van der Waals surface area contributed by atoms with Crippen LogP contribution in [0.1, 0.15) is 18.1 Å². The summed E-state index contributed by atoms with van der Waals surface area (Å²) in [6.07, 6.45) is 3.12. The van der Waals surface area contributed by atoms with E-state index in [1.165, 1.54) is 17.5 Å². The number of guanidine groups is 1. The van der Waals surface area contributed by atoms with Gasteiger partial charge in [0.1, 0.15) is 0 Å². The van der Waals surface area contributed by atoms with E-state index in [-0.39, 0.29) is 0 Å². The molecule has 2 N–H and O–H groups in total. The van der Waals surface area contributed by atoms with Crippen LogP contribution < -0.4 is 15.5 Å². The molecule has 1 aliphatic rings. The average molecular weight is 415 g/mol. The van der Waals surface area contributed by atoms with Gasteiger partial charge in [0.05, 0.1) is 4.90 Å². The van der Waals surface area contributed by atoms with Crippen LogP contribution in [0.4, 0.5) is 5.69 Å². The van der Waals surface area contributed by atoms with Crippen molar-refractivity contribution in [3.05, 3.63) is 59.7 Å². The molecule has 0 amide bonds. The van der Waals surface area contributed by atoms with Crippen LogP contribution in [0.15, 0.2) is 58.4 Å². The van der Waals surface area contributed by atoms with Gasteiger partial charge in [-0.15, -0.1) is 0 Å². The maximum atomic E-state index is 11.5. The van der Waals surface area contributed by atoms with Gasteiger partial charge in [0.25, 0.3) is 0 Å². The fourth-order valence-corrected chi connectivity index (χ4v) is 4.26. The Labute approximate surface area is 174 Å². The Balaban J connectivity index is 1.45. The number of sulfone groups is 1. The van der Waals surface area contributed by atoms with E-state index in [4.69, 9.17) is 0 Å². The minimum absolute atomic E-state index is 0.351. The number of aliphatic imine (C=N–C) groups is 1. The number of hydrogen-bond acceptors (Lipinski definition) is 4. The zero-order valence-corrected chi connectivity index (χ0v) is 18.2. The first kappa shape index (κ1) is 21.2. The molecule has 0 radical (unpaired) electrons. The number of nitrogens with one attached hydrogen (secondary N) is 2. The van der Waals surface area contributed by atoms with Gasteiger partial charge >= 0.3 is 0 Å². The molecule has 3 rings (SSSR count). The quantitative estimate of drug-likeness (QED) is 0.537. The first-order chi connectivity index (χ1) is 13.9. The fraction of sp³-hybridized carbons (Fsp3) is 0.409. The predicted molar refractivity (Wildman–Crippen MR) is 120 cm³/mol. The maximum Gasteiger partial charge on any atom is 0.191 e. The molecule has 0 saturated heterocycles. The minimum atomic E-state index is -3.15. The van der Waals surface area contributed by atoms with Crippen molar-refractivity contribution in [2.45, 2.75) is 30.7 Å². The summed E-state index contributed by atoms with van der Waals surface area (Å²) in [7, 11) is -1.38. The number of benzene rings is 2. The smallest absolute Gasteiger partial charge is 0.191 e. The lowest BCUT2D eigenvalue weighted by molar-refractivity contribution is 0.602. The van der Waals surface area contributed by atoms with Crippen LogP contribution in [0.5, 0.6) is 0 Å². The van der Waals surface area contributed by atoms with E-state index < -0.39 is 9.84 Å². The second-order valence-corrected chi connectivity index (χ2v) is 9.48. The van der Waals surface area contributed by atoms with E-state index in [2.05, 4.69) is 51.7 Å². The van der Waals surface area contributed by atoms with Crippen LogP contribution in [-0.2, 0) is 22.7 Å². The third-order valence-electron chi connectivity index (χ3n) is 5.30. The summed E-state index contributed by atoms with van der Waals surface area (Å²) in [6, 6.07) is 16.0. The van der Waals surface area contributed by atoms with Gasteiger partial charge in [-0.1, -0.05) is 30.3 Å². The molecule has 1 unspecified atom stereocenters. The third-order valence-corrected chi connectivity index (χ3v) is 6.43. The first-order valence-corrected chi connectivity index (χ1v) is 11.9. The largest absolute Gasteiger partial charge is 0.366 e. The van der Waals surface area contributed by atoms with Crippen LogP contribution in [0.2, 0.25) is 0 Å². The highest BCUT2D eigenvalue weighted by molar-refractivity contribution is 7.90. The van der Waals surface area contributed by atoms with Gasteiger partial charge in [-0.2, -0.15) is 0 Å². The molecule has 0 fully saturated rings. The van der Waals surface area contributed by atoms with Crippen LogP contribution >= 0.6 is 0 Å². The average Bonchev–Trinajstić information content (AvgIpc) is 3.14. The van der Waals surface area contributed by atoms with Gasteiger partial charge in [-0.3, -0.25) is 4.99 Å². The highest BCUT2D eigenvalue weighted by Gasteiger charge is 2.22. The lowest BCUT2D eigenvalue weighted by Gasteiger charge is -2.28. The second kappa shape index (κ2) is 9.31. The van der Waals surface area contributed by atoms with Crippen molar-refractivity contribution in [3.63, 3.8) is 0 Å². The predicted octanol–water partition coefficient (Wildman–Crippen LogP) is 2.25. The molecular weight excluding hydrogens is 384 g/mol. The number of nitrogens with zero attached hydrogens (tertiary/aromatic N) is 2. The maximum absolute atomic E-state index is 11.5. The Hall–Kier alpha value is -2.54. The lowest BCUT2D eigenvalue weighted by atomic mass is 10.1. The standard InChI is InChI=1S/C22H30N4O2S/c1-17(26-15-13-19-6-4-5-7-21(19)26)16-25-22(23-2)24-14-12-18-8-10-20(11-9-18)29(3,27)28/h4-11,17H,12-16H2,1-3H3,(H2,23,24,25). The molecule has 2 aromatic rings. The highest BCUT2D eigenvalue weighted by atomic mass is 32.2. The van der Waals surface area contributed by atoms with E-state index in [1.807, 2.05) is 12.1 Å². The van der Waals surface area contributed by atoms with E-state index >= 15 is 0 Å². The number of fused-ring (bicyclic) bond motifs is 1. The van der Waals surface area contributed by atoms with Crippen molar-refractivity contribution >= 4 is 21.5 Å². The van der Waals surface area contributed by atoms with Gasteiger partial charge in [-0.05, 0) is 49.1 Å². The normalized spacial score (nSPS) is 15.1. The van der Waals surface area contributed by atoms with Crippen LogP contribution in [0.3, 0.4) is 0 Å². The highest BCUT2D eigenvalue weighted by Crippen LogP contribution is 2.28. The summed E-state index contributed by atoms with van der Waals surface area (Å²) in [4.78, 5) is 7.10. The number of hydrogen-bond donors (Lipinski definition) is 2. The van der Waals surface area contributed by atoms with E-state index in [0.717, 1.165) is 44.0 Å². The van der Waals surface area contributed by atoms with Gasteiger partial charge in [0.2, 0.25) is 0 Å².